The number of carbonyl (C=O) groups is 1. The van der Waals surface area contributed by atoms with Crippen molar-refractivity contribution in [1.82, 2.24) is 24.4 Å². The number of hydrogen-bond donors (Lipinski definition) is 2. The number of fused-ring (bicyclic) bond motifs is 1. The van der Waals surface area contributed by atoms with Crippen LogP contribution in [0.2, 0.25) is 0 Å². The van der Waals surface area contributed by atoms with Gasteiger partial charge in [-0.3, -0.25) is 4.57 Å². The van der Waals surface area contributed by atoms with Gasteiger partial charge >= 0.3 is 18.7 Å². The van der Waals surface area contributed by atoms with Crippen LogP contribution in [0.1, 0.15) is 36.9 Å². The predicted octanol–water partition coefficient (Wildman–Crippen LogP) is 3.96. The van der Waals surface area contributed by atoms with Gasteiger partial charge in [0, 0.05) is 19.8 Å². The Morgan fingerprint density at radius 3 is 2.37 bits per heavy atom. The molecule has 0 saturated carbocycles. The number of nitrogens with zero attached hydrogens (tertiary/aromatic N) is 4. The summed E-state index contributed by atoms with van der Waals surface area (Å²) >= 11 is 0. The molecule has 12 heteroatoms. The van der Waals surface area contributed by atoms with Gasteiger partial charge in [0.2, 0.25) is 0 Å². The monoisotopic (exact) mass is 433 g/mol. The van der Waals surface area contributed by atoms with Gasteiger partial charge < -0.3 is 15.0 Å². The molecule has 1 atom stereocenters. The fourth-order valence-corrected chi connectivity index (χ4v) is 2.64. The summed E-state index contributed by atoms with van der Waals surface area (Å²) in [6.07, 6.45) is -3.30. The summed E-state index contributed by atoms with van der Waals surface area (Å²) in [5, 5.41) is 10.4. The van der Waals surface area contributed by atoms with Gasteiger partial charge in [-0.1, -0.05) is 12.1 Å². The number of hydrogen-bond acceptors (Lipinski definition) is 4. The van der Waals surface area contributed by atoms with E-state index in [4.69, 9.17) is 9.90 Å². The highest BCUT2D eigenvalue weighted by Gasteiger charge is 2.38. The molecular formula is C18H20F5N5O2. The molecule has 1 aromatic carbocycles. The van der Waals surface area contributed by atoms with Crippen molar-refractivity contribution in [3.05, 3.63) is 47.8 Å². The summed E-state index contributed by atoms with van der Waals surface area (Å²) in [5.41, 5.74) is 2.02. The average molecular weight is 433 g/mol. The molecule has 0 saturated heterocycles. The Kier molecular flexibility index (Phi) is 7.13. The van der Waals surface area contributed by atoms with Crippen molar-refractivity contribution in [3.8, 4) is 0 Å². The van der Waals surface area contributed by atoms with Gasteiger partial charge in [-0.15, -0.1) is 0 Å². The van der Waals surface area contributed by atoms with E-state index in [-0.39, 0.29) is 6.04 Å². The van der Waals surface area contributed by atoms with E-state index < -0.39 is 18.7 Å². The smallest absolute Gasteiger partial charge is 0.475 e. The van der Waals surface area contributed by atoms with Crippen LogP contribution in [-0.2, 0) is 18.4 Å². The Labute approximate surface area is 168 Å². The van der Waals surface area contributed by atoms with Crippen LogP contribution < -0.4 is 5.32 Å². The molecule has 0 amide bonds. The van der Waals surface area contributed by atoms with Crippen molar-refractivity contribution in [2.75, 3.05) is 0 Å². The van der Waals surface area contributed by atoms with E-state index in [1.54, 1.807) is 30.5 Å². The lowest BCUT2D eigenvalue weighted by molar-refractivity contribution is -0.192. The number of para-hydroxylation sites is 2. The van der Waals surface area contributed by atoms with E-state index in [1.807, 2.05) is 25.5 Å². The zero-order valence-corrected chi connectivity index (χ0v) is 16.3. The third kappa shape index (κ3) is 5.32. The minimum absolute atomic E-state index is 0.313. The number of nitrogens with one attached hydrogen (secondary N) is 1. The summed E-state index contributed by atoms with van der Waals surface area (Å²) in [4.78, 5) is 17.5. The second-order valence-corrected chi connectivity index (χ2v) is 6.37. The maximum atomic E-state index is 13.5. The van der Waals surface area contributed by atoms with Crippen molar-refractivity contribution >= 4 is 17.0 Å². The van der Waals surface area contributed by atoms with Crippen LogP contribution in [-0.4, -0.2) is 36.4 Å². The summed E-state index contributed by atoms with van der Waals surface area (Å²) in [5.74, 6) is -1.51. The van der Waals surface area contributed by atoms with Gasteiger partial charge in [-0.25, -0.2) is 14.8 Å². The summed E-state index contributed by atoms with van der Waals surface area (Å²) in [7, 11) is 1.93. The Morgan fingerprint density at radius 1 is 1.27 bits per heavy atom. The molecule has 2 N–H and O–H groups in total. The fraction of sp³-hybridized carbons (Fsp3) is 0.389. The highest BCUT2D eigenvalue weighted by molar-refractivity contribution is 5.76. The van der Waals surface area contributed by atoms with E-state index in [1.165, 1.54) is 0 Å². The molecule has 0 fully saturated rings. The van der Waals surface area contributed by atoms with E-state index in [0.717, 1.165) is 16.1 Å². The van der Waals surface area contributed by atoms with Crippen LogP contribution in [0.5, 0.6) is 0 Å². The van der Waals surface area contributed by atoms with Crippen molar-refractivity contribution in [2.45, 2.75) is 39.2 Å². The number of aliphatic carboxylic acids is 1. The van der Waals surface area contributed by atoms with Crippen LogP contribution in [0.4, 0.5) is 22.0 Å². The molecule has 3 aromatic rings. The molecule has 164 valence electrons. The summed E-state index contributed by atoms with van der Waals surface area (Å²) < 4.78 is 61.6. The van der Waals surface area contributed by atoms with E-state index in [0.29, 0.717) is 23.4 Å². The van der Waals surface area contributed by atoms with Gasteiger partial charge in [0.05, 0.1) is 22.8 Å². The number of carboxylic acids is 1. The Balaban J connectivity index is 0.000000396. The molecule has 2 heterocycles. The number of benzene rings is 1. The third-order valence-corrected chi connectivity index (χ3v) is 4.35. The fourth-order valence-electron chi connectivity index (χ4n) is 2.64. The maximum absolute atomic E-state index is 13.5. The first-order chi connectivity index (χ1) is 13.9. The number of rotatable bonds is 5. The normalized spacial score (nSPS) is 12.7. The number of aryl methyl sites for hydroxylation is 1. The first kappa shape index (κ1) is 23.3. The van der Waals surface area contributed by atoms with E-state index >= 15 is 0 Å². The minimum Gasteiger partial charge on any atom is -0.475 e. The molecule has 7 nitrogen and oxygen atoms in total. The average Bonchev–Trinajstić information content (AvgIpc) is 3.20. The second-order valence-electron chi connectivity index (χ2n) is 6.37. The Hall–Kier alpha value is -3.02. The molecule has 0 bridgehead atoms. The second kappa shape index (κ2) is 9.20. The van der Waals surface area contributed by atoms with Crippen molar-refractivity contribution in [1.29, 1.82) is 0 Å². The number of alkyl halides is 5. The molecule has 2 aromatic heterocycles. The molecular weight excluding hydrogens is 413 g/mol. The first-order valence-corrected chi connectivity index (χ1v) is 8.69. The lowest BCUT2D eigenvalue weighted by Gasteiger charge is -2.16. The Morgan fingerprint density at radius 2 is 1.87 bits per heavy atom. The maximum Gasteiger partial charge on any atom is 0.490 e. The van der Waals surface area contributed by atoms with Crippen LogP contribution in [0, 0.1) is 6.92 Å². The number of imidazole rings is 2. The highest BCUT2D eigenvalue weighted by atomic mass is 19.4. The molecule has 3 rings (SSSR count). The van der Waals surface area contributed by atoms with Crippen LogP contribution in [0.15, 0.2) is 30.5 Å². The summed E-state index contributed by atoms with van der Waals surface area (Å²) in [6, 6.07) is 6.63. The molecule has 0 spiro atoms. The number of halogens is 5. The molecule has 0 radical (unpaired) electrons. The standard InChI is InChI=1S/C16H19F2N5.C2HF3O2/c1-10(19-8-12-9-20-11(2)22(12)3)15-21-13-6-4-5-7-14(13)23(15)16(17)18;3-2(4,5)1(6)7/h4-7,9-10,16,19H,8H2,1-3H3;(H,6,7). The van der Waals surface area contributed by atoms with Crippen molar-refractivity contribution in [2.24, 2.45) is 7.05 Å². The van der Waals surface area contributed by atoms with Crippen molar-refractivity contribution < 1.29 is 31.9 Å². The largest absolute Gasteiger partial charge is 0.490 e. The molecule has 0 aliphatic heterocycles. The zero-order valence-electron chi connectivity index (χ0n) is 16.3. The number of aromatic nitrogens is 4. The van der Waals surface area contributed by atoms with E-state index in [9.17, 15) is 22.0 Å². The van der Waals surface area contributed by atoms with Gasteiger partial charge in [-0.05, 0) is 26.0 Å². The van der Waals surface area contributed by atoms with Crippen LogP contribution in [0.3, 0.4) is 0 Å². The van der Waals surface area contributed by atoms with Crippen LogP contribution in [0.25, 0.3) is 11.0 Å². The van der Waals surface area contributed by atoms with Gasteiger partial charge in [-0.2, -0.15) is 22.0 Å². The van der Waals surface area contributed by atoms with Gasteiger partial charge in [0.1, 0.15) is 11.6 Å². The summed E-state index contributed by atoms with van der Waals surface area (Å²) in [6.45, 7) is 1.66. The quantitative estimate of drug-likeness (QED) is 0.595. The molecule has 1 unspecified atom stereocenters. The first-order valence-electron chi connectivity index (χ1n) is 8.69. The molecule has 30 heavy (non-hydrogen) atoms. The van der Waals surface area contributed by atoms with Crippen LogP contribution >= 0.6 is 0 Å². The SMILES string of the molecule is Cc1ncc(CNC(C)c2nc3ccccc3n2C(F)F)n1C.O=C(O)C(F)(F)F. The lowest BCUT2D eigenvalue weighted by atomic mass is 10.3. The molecule has 0 aliphatic rings. The van der Waals surface area contributed by atoms with Crippen molar-refractivity contribution in [3.63, 3.8) is 0 Å². The molecule has 0 aliphatic carbocycles. The highest BCUT2D eigenvalue weighted by Crippen LogP contribution is 2.26. The van der Waals surface area contributed by atoms with Gasteiger partial charge in [0.15, 0.2) is 0 Å². The van der Waals surface area contributed by atoms with Gasteiger partial charge in [0.25, 0.3) is 0 Å². The lowest BCUT2D eigenvalue weighted by Crippen LogP contribution is -2.23. The third-order valence-electron chi connectivity index (χ3n) is 4.35. The number of carboxylic acid groups (broad SMARTS) is 1. The Bertz CT molecular complexity index is 1010. The minimum atomic E-state index is -5.08. The zero-order chi connectivity index (χ0) is 22.6. The predicted molar refractivity (Wildman–Crippen MR) is 97.9 cm³/mol. The topological polar surface area (TPSA) is 85.0 Å². The van der Waals surface area contributed by atoms with E-state index in [2.05, 4.69) is 15.3 Å².